The highest BCUT2D eigenvalue weighted by Gasteiger charge is 2.31. The van der Waals surface area contributed by atoms with Gasteiger partial charge in [-0.1, -0.05) is 44.2 Å². The van der Waals surface area contributed by atoms with E-state index in [9.17, 15) is 4.79 Å². The highest BCUT2D eigenvalue weighted by atomic mass is 35.5. The highest BCUT2D eigenvalue weighted by molar-refractivity contribution is 5.98. The lowest BCUT2D eigenvalue weighted by molar-refractivity contribution is -0.120. The zero-order chi connectivity index (χ0) is 24.2. The second-order valence-electron chi connectivity index (χ2n) is 9.74. The minimum absolute atomic E-state index is 0. The maximum Gasteiger partial charge on any atom is 0.234 e. The van der Waals surface area contributed by atoms with Crippen LogP contribution >= 0.6 is 12.4 Å². The van der Waals surface area contributed by atoms with E-state index in [0.717, 1.165) is 47.5 Å². The SMILES string of the molecule is COc1ccc2c(c1)C(C(=O)N(Cc1ccc(N(C)C)cc1)c1ccc(C(C)C)cc1)CCC2.Cl. The second-order valence-corrected chi connectivity index (χ2v) is 9.74. The molecule has 1 atom stereocenters. The van der Waals surface area contributed by atoms with E-state index in [-0.39, 0.29) is 24.2 Å². The van der Waals surface area contributed by atoms with E-state index in [4.69, 9.17) is 4.74 Å². The molecule has 0 fully saturated rings. The number of halogens is 1. The molecule has 1 amide bonds. The van der Waals surface area contributed by atoms with Crippen molar-refractivity contribution in [3.05, 3.63) is 89.0 Å². The molecule has 1 aliphatic rings. The van der Waals surface area contributed by atoms with E-state index in [1.165, 1.54) is 11.1 Å². The van der Waals surface area contributed by atoms with Gasteiger partial charge in [0.05, 0.1) is 19.6 Å². The van der Waals surface area contributed by atoms with Gasteiger partial charge in [0.1, 0.15) is 5.75 Å². The van der Waals surface area contributed by atoms with Gasteiger partial charge in [-0.2, -0.15) is 0 Å². The Hall–Kier alpha value is -2.98. The lowest BCUT2D eigenvalue weighted by atomic mass is 9.81. The molecule has 0 heterocycles. The molecule has 5 heteroatoms. The first-order valence-electron chi connectivity index (χ1n) is 12.2. The van der Waals surface area contributed by atoms with Gasteiger partial charge in [0.25, 0.3) is 0 Å². The number of aryl methyl sites for hydroxylation is 1. The van der Waals surface area contributed by atoms with Gasteiger partial charge in [-0.15, -0.1) is 12.4 Å². The fourth-order valence-corrected chi connectivity index (χ4v) is 4.77. The maximum atomic E-state index is 14.1. The molecule has 0 radical (unpaired) electrons. The third kappa shape index (κ3) is 5.99. The molecule has 0 bridgehead atoms. The molecule has 0 spiro atoms. The monoisotopic (exact) mass is 492 g/mol. The van der Waals surface area contributed by atoms with Crippen LogP contribution in [0.15, 0.2) is 66.7 Å². The molecule has 4 rings (SSSR count). The summed E-state index contributed by atoms with van der Waals surface area (Å²) in [6.07, 6.45) is 2.89. The zero-order valence-electron chi connectivity index (χ0n) is 21.5. The van der Waals surface area contributed by atoms with Gasteiger partial charge in [0, 0.05) is 25.5 Å². The molecule has 3 aromatic rings. The van der Waals surface area contributed by atoms with Crippen LogP contribution in [0.1, 0.15) is 60.8 Å². The highest BCUT2D eigenvalue weighted by Crippen LogP contribution is 2.37. The van der Waals surface area contributed by atoms with Crippen molar-refractivity contribution in [2.75, 3.05) is 31.0 Å². The Morgan fingerprint density at radius 3 is 2.23 bits per heavy atom. The molecule has 0 saturated carbocycles. The van der Waals surface area contributed by atoms with Crippen molar-refractivity contribution in [3.8, 4) is 5.75 Å². The predicted molar refractivity (Wildman–Crippen MR) is 148 cm³/mol. The average Bonchev–Trinajstić information content (AvgIpc) is 2.86. The van der Waals surface area contributed by atoms with Crippen LogP contribution in [-0.2, 0) is 17.8 Å². The first-order chi connectivity index (χ1) is 16.4. The van der Waals surface area contributed by atoms with Gasteiger partial charge in [-0.25, -0.2) is 0 Å². The van der Waals surface area contributed by atoms with Crippen LogP contribution < -0.4 is 14.5 Å². The summed E-state index contributed by atoms with van der Waals surface area (Å²) >= 11 is 0. The topological polar surface area (TPSA) is 32.8 Å². The molecular formula is C30H37ClN2O2. The molecule has 4 nitrogen and oxygen atoms in total. The largest absolute Gasteiger partial charge is 0.497 e. The van der Waals surface area contributed by atoms with Crippen LogP contribution in [0.5, 0.6) is 5.75 Å². The first kappa shape index (κ1) is 26.6. The van der Waals surface area contributed by atoms with Gasteiger partial charge in [0.2, 0.25) is 5.91 Å². The van der Waals surface area contributed by atoms with Gasteiger partial charge >= 0.3 is 0 Å². The first-order valence-corrected chi connectivity index (χ1v) is 12.2. The van der Waals surface area contributed by atoms with Crippen LogP contribution in [0.4, 0.5) is 11.4 Å². The van der Waals surface area contributed by atoms with E-state index < -0.39 is 0 Å². The van der Waals surface area contributed by atoms with E-state index in [0.29, 0.717) is 12.5 Å². The van der Waals surface area contributed by atoms with Crippen LogP contribution in [0.2, 0.25) is 0 Å². The standard InChI is InChI=1S/C30H36N2O2.ClH/c1-21(2)23-11-16-26(17-12-23)32(20-22-9-14-25(15-10-22)31(3)4)30(33)28-8-6-7-24-13-18-27(34-5)19-29(24)28;/h9-19,21,28H,6-8,20H2,1-5H3;1H. The van der Waals surface area contributed by atoms with Crippen molar-refractivity contribution in [3.63, 3.8) is 0 Å². The molecule has 186 valence electrons. The summed E-state index contributed by atoms with van der Waals surface area (Å²) < 4.78 is 5.49. The molecular weight excluding hydrogens is 456 g/mol. The average molecular weight is 493 g/mol. The number of rotatable bonds is 7. The minimum Gasteiger partial charge on any atom is -0.497 e. The Morgan fingerprint density at radius 2 is 1.63 bits per heavy atom. The lowest BCUT2D eigenvalue weighted by Crippen LogP contribution is -2.36. The number of amides is 1. The van der Waals surface area contributed by atoms with Crippen molar-refractivity contribution in [2.24, 2.45) is 0 Å². The smallest absolute Gasteiger partial charge is 0.234 e. The number of fused-ring (bicyclic) bond motifs is 1. The summed E-state index contributed by atoms with van der Waals surface area (Å²) in [7, 11) is 5.76. The Morgan fingerprint density at radius 1 is 0.971 bits per heavy atom. The van der Waals surface area contributed by atoms with E-state index in [2.05, 4.69) is 79.4 Å². The lowest BCUT2D eigenvalue weighted by Gasteiger charge is -2.31. The number of ether oxygens (including phenoxy) is 1. The van der Waals surface area contributed by atoms with Crippen LogP contribution in [0.3, 0.4) is 0 Å². The Labute approximate surface area is 216 Å². The molecule has 0 N–H and O–H groups in total. The van der Waals surface area contributed by atoms with E-state index in [1.54, 1.807) is 7.11 Å². The number of carbonyl (C=O) groups excluding carboxylic acids is 1. The number of anilines is 2. The maximum absolute atomic E-state index is 14.1. The fourth-order valence-electron chi connectivity index (χ4n) is 4.77. The normalized spacial score (nSPS) is 14.6. The van der Waals surface area contributed by atoms with E-state index in [1.807, 2.05) is 25.1 Å². The predicted octanol–water partition coefficient (Wildman–Crippen LogP) is 6.96. The summed E-state index contributed by atoms with van der Waals surface area (Å²) in [5.74, 6) is 1.26. The quantitative estimate of drug-likeness (QED) is 0.357. The number of methoxy groups -OCH3 is 1. The Balaban J connectivity index is 0.00000342. The van der Waals surface area contributed by atoms with Crippen molar-refractivity contribution in [2.45, 2.75) is 51.5 Å². The second kappa shape index (κ2) is 11.6. The van der Waals surface area contributed by atoms with Crippen LogP contribution in [0, 0.1) is 0 Å². The third-order valence-electron chi connectivity index (χ3n) is 6.90. The molecule has 0 aromatic heterocycles. The summed E-state index contributed by atoms with van der Waals surface area (Å²) in [5, 5.41) is 0. The molecule has 35 heavy (non-hydrogen) atoms. The molecule has 0 saturated heterocycles. The zero-order valence-corrected chi connectivity index (χ0v) is 22.3. The number of benzene rings is 3. The number of nitrogens with zero attached hydrogens (tertiary/aromatic N) is 2. The van der Waals surface area contributed by atoms with Gasteiger partial charge < -0.3 is 14.5 Å². The number of hydrogen-bond acceptors (Lipinski definition) is 3. The van der Waals surface area contributed by atoms with Crippen molar-refractivity contribution in [1.29, 1.82) is 0 Å². The van der Waals surface area contributed by atoms with Crippen molar-refractivity contribution in [1.82, 2.24) is 0 Å². The molecule has 1 unspecified atom stereocenters. The Kier molecular flexibility index (Phi) is 8.85. The van der Waals surface area contributed by atoms with Crippen LogP contribution in [0.25, 0.3) is 0 Å². The summed E-state index contributed by atoms with van der Waals surface area (Å²) in [6, 6.07) is 23.1. The van der Waals surface area contributed by atoms with Gasteiger partial charge in [-0.3, -0.25) is 4.79 Å². The van der Waals surface area contributed by atoms with Gasteiger partial charge in [-0.05, 0) is 83.8 Å². The van der Waals surface area contributed by atoms with Crippen molar-refractivity contribution >= 4 is 29.7 Å². The third-order valence-corrected chi connectivity index (χ3v) is 6.90. The number of hydrogen-bond donors (Lipinski definition) is 0. The summed E-state index contributed by atoms with van der Waals surface area (Å²) in [6.45, 7) is 4.93. The summed E-state index contributed by atoms with van der Waals surface area (Å²) in [5.41, 5.74) is 6.86. The molecule has 1 aliphatic carbocycles. The fraction of sp³-hybridized carbons (Fsp3) is 0.367. The number of carbonyl (C=O) groups is 1. The molecule has 3 aromatic carbocycles. The molecule has 0 aliphatic heterocycles. The Bertz CT molecular complexity index is 1120. The van der Waals surface area contributed by atoms with Crippen LogP contribution in [-0.4, -0.2) is 27.1 Å². The van der Waals surface area contributed by atoms with E-state index >= 15 is 0 Å². The minimum atomic E-state index is -0.162. The van der Waals surface area contributed by atoms with Gasteiger partial charge in [0.15, 0.2) is 0 Å². The summed E-state index contributed by atoms with van der Waals surface area (Å²) in [4.78, 5) is 18.2. The van der Waals surface area contributed by atoms with Crippen molar-refractivity contribution < 1.29 is 9.53 Å².